The molecular formula is C15H21NOS. The summed E-state index contributed by atoms with van der Waals surface area (Å²) < 4.78 is 0. The van der Waals surface area contributed by atoms with E-state index in [9.17, 15) is 4.79 Å². The van der Waals surface area contributed by atoms with Crippen molar-refractivity contribution in [2.45, 2.75) is 30.6 Å². The fraction of sp³-hybridized carbons (Fsp3) is 0.533. The van der Waals surface area contributed by atoms with Crippen molar-refractivity contribution in [1.82, 2.24) is 4.90 Å². The lowest BCUT2D eigenvalue weighted by Gasteiger charge is -2.13. The van der Waals surface area contributed by atoms with Crippen LogP contribution in [0, 0.1) is 0 Å². The molecule has 0 aliphatic carbocycles. The van der Waals surface area contributed by atoms with Gasteiger partial charge in [-0.15, -0.1) is 11.8 Å². The van der Waals surface area contributed by atoms with E-state index < -0.39 is 0 Å². The molecule has 1 aliphatic rings. The second-order valence-corrected chi connectivity index (χ2v) is 5.84. The first kappa shape index (κ1) is 13.6. The van der Waals surface area contributed by atoms with E-state index in [1.165, 1.54) is 30.8 Å². The minimum Gasteiger partial charge on any atom is -0.303 e. The van der Waals surface area contributed by atoms with Crippen molar-refractivity contribution in [3.05, 3.63) is 30.3 Å². The molecule has 98 valence electrons. The molecule has 0 spiro atoms. The molecule has 0 aromatic heterocycles. The van der Waals surface area contributed by atoms with Crippen LogP contribution in [0.5, 0.6) is 0 Å². The van der Waals surface area contributed by atoms with Crippen LogP contribution in [0.15, 0.2) is 35.2 Å². The van der Waals surface area contributed by atoms with Crippen LogP contribution in [0.3, 0.4) is 0 Å². The van der Waals surface area contributed by atoms with Crippen LogP contribution in [0.1, 0.15) is 25.7 Å². The van der Waals surface area contributed by atoms with Gasteiger partial charge in [0, 0.05) is 11.3 Å². The molecule has 1 aliphatic heterocycles. The molecule has 1 saturated heterocycles. The van der Waals surface area contributed by atoms with E-state index in [0.29, 0.717) is 11.5 Å². The highest BCUT2D eigenvalue weighted by atomic mass is 32.2. The summed E-state index contributed by atoms with van der Waals surface area (Å²) in [6.07, 6.45) is 4.42. The van der Waals surface area contributed by atoms with E-state index in [1.807, 2.05) is 18.2 Å². The third-order valence-corrected chi connectivity index (χ3v) is 4.34. The van der Waals surface area contributed by atoms with Gasteiger partial charge in [-0.2, -0.15) is 0 Å². The van der Waals surface area contributed by atoms with Crippen LogP contribution in [0.25, 0.3) is 0 Å². The van der Waals surface area contributed by atoms with Gasteiger partial charge >= 0.3 is 0 Å². The monoisotopic (exact) mass is 263 g/mol. The van der Waals surface area contributed by atoms with Crippen LogP contribution in [-0.4, -0.2) is 36.1 Å². The van der Waals surface area contributed by atoms with Gasteiger partial charge in [-0.1, -0.05) is 18.2 Å². The summed E-state index contributed by atoms with van der Waals surface area (Å²) in [5.41, 5.74) is 0. The lowest BCUT2D eigenvalue weighted by atomic mass is 10.2. The Bertz CT molecular complexity index is 360. The molecule has 18 heavy (non-hydrogen) atoms. The van der Waals surface area contributed by atoms with Crippen molar-refractivity contribution in [3.63, 3.8) is 0 Å². The Balaban J connectivity index is 1.57. The molecule has 3 heteroatoms. The second-order valence-electron chi connectivity index (χ2n) is 4.79. The zero-order chi connectivity index (χ0) is 12.6. The molecule has 0 unspecified atom stereocenters. The third kappa shape index (κ3) is 4.83. The Morgan fingerprint density at radius 1 is 1.17 bits per heavy atom. The average Bonchev–Trinajstić information content (AvgIpc) is 2.91. The number of hydrogen-bond donors (Lipinski definition) is 0. The van der Waals surface area contributed by atoms with E-state index in [-0.39, 0.29) is 0 Å². The quantitative estimate of drug-likeness (QED) is 0.705. The predicted molar refractivity (Wildman–Crippen MR) is 77.1 cm³/mol. The van der Waals surface area contributed by atoms with Gasteiger partial charge in [-0.05, 0) is 51.0 Å². The molecule has 0 bridgehead atoms. The molecule has 1 aromatic rings. The van der Waals surface area contributed by atoms with Gasteiger partial charge in [-0.3, -0.25) is 4.79 Å². The van der Waals surface area contributed by atoms with Crippen LogP contribution in [0.4, 0.5) is 0 Å². The summed E-state index contributed by atoms with van der Waals surface area (Å²) >= 11 is 1.65. The van der Waals surface area contributed by atoms with E-state index in [1.54, 1.807) is 11.8 Å². The average molecular weight is 263 g/mol. The summed E-state index contributed by atoms with van der Waals surface area (Å²) in [6.45, 7) is 3.56. The van der Waals surface area contributed by atoms with Crippen LogP contribution in [0.2, 0.25) is 0 Å². The first-order valence-corrected chi connectivity index (χ1v) is 7.75. The number of nitrogens with zero attached hydrogens (tertiary/aromatic N) is 1. The Hall–Kier alpha value is -0.800. The summed E-state index contributed by atoms with van der Waals surface area (Å²) in [5.74, 6) is 0.993. The standard InChI is InChI=1S/C15H21NOS/c17-14(7-6-12-16-10-4-5-11-16)13-18-15-8-2-1-3-9-15/h1-3,8-9H,4-7,10-13H2. The zero-order valence-corrected chi connectivity index (χ0v) is 11.6. The maximum Gasteiger partial charge on any atom is 0.143 e. The molecule has 1 heterocycles. The summed E-state index contributed by atoms with van der Waals surface area (Å²) in [7, 11) is 0. The van der Waals surface area contributed by atoms with Crippen molar-refractivity contribution in [2.24, 2.45) is 0 Å². The van der Waals surface area contributed by atoms with Crippen LogP contribution in [-0.2, 0) is 4.79 Å². The Morgan fingerprint density at radius 2 is 1.89 bits per heavy atom. The molecule has 1 aromatic carbocycles. The molecule has 0 saturated carbocycles. The maximum absolute atomic E-state index is 11.8. The predicted octanol–water partition coefficient (Wildman–Crippen LogP) is 3.22. The van der Waals surface area contributed by atoms with Crippen molar-refractivity contribution in [2.75, 3.05) is 25.4 Å². The van der Waals surface area contributed by atoms with Crippen molar-refractivity contribution in [3.8, 4) is 0 Å². The highest BCUT2D eigenvalue weighted by Gasteiger charge is 2.11. The molecule has 0 amide bonds. The first-order chi connectivity index (χ1) is 8.84. The van der Waals surface area contributed by atoms with Gasteiger partial charge < -0.3 is 4.90 Å². The Labute approximate surface area is 114 Å². The molecule has 0 atom stereocenters. The molecule has 2 rings (SSSR count). The third-order valence-electron chi connectivity index (χ3n) is 3.27. The SMILES string of the molecule is O=C(CCCN1CCCC1)CSc1ccccc1. The van der Waals surface area contributed by atoms with Gasteiger partial charge in [0.25, 0.3) is 0 Å². The van der Waals surface area contributed by atoms with Gasteiger partial charge in [0.1, 0.15) is 5.78 Å². The number of Topliss-reactive ketones (excluding diaryl/α,β-unsaturated/α-hetero) is 1. The highest BCUT2D eigenvalue weighted by molar-refractivity contribution is 8.00. The number of hydrogen-bond acceptors (Lipinski definition) is 3. The van der Waals surface area contributed by atoms with E-state index >= 15 is 0 Å². The largest absolute Gasteiger partial charge is 0.303 e. The lowest BCUT2D eigenvalue weighted by molar-refractivity contribution is -0.116. The Kier molecular flexibility index (Phi) is 5.75. The summed E-state index contributed by atoms with van der Waals surface area (Å²) in [4.78, 5) is 15.4. The molecule has 1 fully saturated rings. The van der Waals surface area contributed by atoms with E-state index in [4.69, 9.17) is 0 Å². The molecule has 2 nitrogen and oxygen atoms in total. The highest BCUT2D eigenvalue weighted by Crippen LogP contribution is 2.17. The summed E-state index contributed by atoms with van der Waals surface area (Å²) in [5, 5.41) is 0. The normalized spacial score (nSPS) is 16.0. The summed E-state index contributed by atoms with van der Waals surface area (Å²) in [6, 6.07) is 10.1. The molecular weight excluding hydrogens is 242 g/mol. The zero-order valence-electron chi connectivity index (χ0n) is 10.8. The van der Waals surface area contributed by atoms with Crippen molar-refractivity contribution < 1.29 is 4.79 Å². The van der Waals surface area contributed by atoms with Gasteiger partial charge in [0.05, 0.1) is 5.75 Å². The van der Waals surface area contributed by atoms with Crippen LogP contribution >= 0.6 is 11.8 Å². The van der Waals surface area contributed by atoms with E-state index in [0.717, 1.165) is 19.4 Å². The van der Waals surface area contributed by atoms with Crippen molar-refractivity contribution in [1.29, 1.82) is 0 Å². The number of benzene rings is 1. The Morgan fingerprint density at radius 3 is 2.61 bits per heavy atom. The number of carbonyl (C=O) groups excluding carboxylic acids is 1. The lowest BCUT2D eigenvalue weighted by Crippen LogP contribution is -2.21. The molecule has 0 radical (unpaired) electrons. The number of carbonyl (C=O) groups is 1. The number of thioether (sulfide) groups is 1. The maximum atomic E-state index is 11.8. The number of ketones is 1. The first-order valence-electron chi connectivity index (χ1n) is 6.76. The van der Waals surface area contributed by atoms with Gasteiger partial charge in [0.15, 0.2) is 0 Å². The molecule has 0 N–H and O–H groups in total. The minimum atomic E-state index is 0.378. The second kappa shape index (κ2) is 7.59. The van der Waals surface area contributed by atoms with Gasteiger partial charge in [0.2, 0.25) is 0 Å². The topological polar surface area (TPSA) is 20.3 Å². The fourth-order valence-electron chi connectivity index (χ4n) is 2.26. The number of likely N-dealkylation sites (tertiary alicyclic amines) is 1. The van der Waals surface area contributed by atoms with Crippen LogP contribution < -0.4 is 0 Å². The van der Waals surface area contributed by atoms with E-state index in [2.05, 4.69) is 17.0 Å². The van der Waals surface area contributed by atoms with Gasteiger partial charge in [-0.25, -0.2) is 0 Å². The minimum absolute atomic E-state index is 0.378. The number of rotatable bonds is 7. The fourth-order valence-corrected chi connectivity index (χ4v) is 3.08. The smallest absolute Gasteiger partial charge is 0.143 e. The van der Waals surface area contributed by atoms with Crippen molar-refractivity contribution >= 4 is 17.5 Å².